The van der Waals surface area contributed by atoms with Crippen molar-refractivity contribution >= 4 is 29.0 Å². The Labute approximate surface area is 80.7 Å². The summed E-state index contributed by atoms with van der Waals surface area (Å²) in [6, 6.07) is 3.82. The van der Waals surface area contributed by atoms with Crippen molar-refractivity contribution in [3.63, 3.8) is 0 Å². The number of aryl methyl sites for hydroxylation is 1. The van der Waals surface area contributed by atoms with E-state index < -0.39 is 0 Å². The van der Waals surface area contributed by atoms with Gasteiger partial charge in [-0.05, 0) is 24.6 Å². The number of amides is 1. The van der Waals surface area contributed by atoms with Crippen LogP contribution in [0.2, 0.25) is 0 Å². The Kier molecular flexibility index (Phi) is 1.92. The van der Waals surface area contributed by atoms with Crippen molar-refractivity contribution in [1.29, 1.82) is 0 Å². The highest BCUT2D eigenvalue weighted by molar-refractivity contribution is 8.00. The highest BCUT2D eigenvalue weighted by Gasteiger charge is 2.15. The van der Waals surface area contributed by atoms with E-state index in [9.17, 15) is 4.79 Å². The molecule has 1 aliphatic heterocycles. The maximum Gasteiger partial charge on any atom is 0.234 e. The summed E-state index contributed by atoms with van der Waals surface area (Å²) in [4.78, 5) is 12.2. The van der Waals surface area contributed by atoms with Crippen molar-refractivity contribution in [1.82, 2.24) is 0 Å². The Bertz CT molecular complexity index is 376. The number of hydrogen-bond donors (Lipinski definition) is 2. The zero-order valence-corrected chi connectivity index (χ0v) is 8.07. The highest BCUT2D eigenvalue weighted by atomic mass is 32.2. The second kappa shape index (κ2) is 2.96. The summed E-state index contributed by atoms with van der Waals surface area (Å²) in [5.41, 5.74) is 8.35. The number of hydrogen-bond acceptors (Lipinski definition) is 3. The van der Waals surface area contributed by atoms with E-state index in [0.29, 0.717) is 5.75 Å². The topological polar surface area (TPSA) is 55.1 Å². The number of fused-ring (bicyclic) bond motifs is 1. The Morgan fingerprint density at radius 3 is 3.08 bits per heavy atom. The lowest BCUT2D eigenvalue weighted by Gasteiger charge is -2.17. The van der Waals surface area contributed by atoms with Crippen LogP contribution < -0.4 is 11.1 Å². The SMILES string of the molecule is Cc1cc2c(cc1N)NC(=O)CS2. The fourth-order valence-electron chi connectivity index (χ4n) is 1.24. The number of thioether (sulfide) groups is 1. The minimum Gasteiger partial charge on any atom is -0.398 e. The van der Waals surface area contributed by atoms with Gasteiger partial charge in [0.1, 0.15) is 0 Å². The van der Waals surface area contributed by atoms with E-state index in [2.05, 4.69) is 5.32 Å². The molecule has 1 aromatic rings. The largest absolute Gasteiger partial charge is 0.398 e. The van der Waals surface area contributed by atoms with Crippen LogP contribution in [-0.2, 0) is 4.79 Å². The number of nitrogen functional groups attached to an aromatic ring is 1. The van der Waals surface area contributed by atoms with E-state index in [0.717, 1.165) is 21.8 Å². The smallest absolute Gasteiger partial charge is 0.234 e. The molecule has 3 nitrogen and oxygen atoms in total. The molecule has 0 unspecified atom stereocenters. The Hall–Kier alpha value is -1.16. The minimum atomic E-state index is 0.0424. The number of benzene rings is 1. The molecule has 3 N–H and O–H groups in total. The molecule has 13 heavy (non-hydrogen) atoms. The van der Waals surface area contributed by atoms with Crippen molar-refractivity contribution in [2.24, 2.45) is 0 Å². The van der Waals surface area contributed by atoms with Gasteiger partial charge in [0.2, 0.25) is 5.91 Å². The maximum absolute atomic E-state index is 11.0. The predicted octanol–water partition coefficient (Wildman–Crippen LogP) is 1.62. The Morgan fingerprint density at radius 1 is 1.54 bits per heavy atom. The van der Waals surface area contributed by atoms with Crippen LogP contribution in [0.3, 0.4) is 0 Å². The quantitative estimate of drug-likeness (QED) is 0.617. The van der Waals surface area contributed by atoms with Gasteiger partial charge in [-0.1, -0.05) is 0 Å². The summed E-state index contributed by atoms with van der Waals surface area (Å²) in [5, 5.41) is 2.79. The molecule has 68 valence electrons. The third-order valence-electron chi connectivity index (χ3n) is 2.00. The average Bonchev–Trinajstić information content (AvgIpc) is 2.08. The first kappa shape index (κ1) is 8.44. The van der Waals surface area contributed by atoms with Gasteiger partial charge in [-0.25, -0.2) is 0 Å². The second-order valence-electron chi connectivity index (χ2n) is 3.04. The van der Waals surface area contributed by atoms with Crippen molar-refractivity contribution in [2.75, 3.05) is 16.8 Å². The number of carbonyl (C=O) groups excluding carboxylic acids is 1. The van der Waals surface area contributed by atoms with E-state index in [1.165, 1.54) is 0 Å². The molecule has 0 atom stereocenters. The van der Waals surface area contributed by atoms with Gasteiger partial charge in [0.05, 0.1) is 11.4 Å². The molecule has 1 heterocycles. The lowest BCUT2D eigenvalue weighted by Crippen LogP contribution is -2.18. The molecule has 0 aliphatic carbocycles. The third kappa shape index (κ3) is 1.49. The summed E-state index contributed by atoms with van der Waals surface area (Å²) in [5.74, 6) is 0.539. The van der Waals surface area contributed by atoms with Gasteiger partial charge in [-0.2, -0.15) is 0 Å². The van der Waals surface area contributed by atoms with Crippen molar-refractivity contribution in [3.05, 3.63) is 17.7 Å². The Morgan fingerprint density at radius 2 is 2.31 bits per heavy atom. The second-order valence-corrected chi connectivity index (χ2v) is 4.06. The summed E-state index contributed by atoms with van der Waals surface area (Å²) in [7, 11) is 0. The van der Waals surface area contributed by atoms with Crippen LogP contribution in [0.25, 0.3) is 0 Å². The summed E-state index contributed by atoms with van der Waals surface area (Å²) in [6.45, 7) is 1.96. The molecule has 0 bridgehead atoms. The van der Waals surface area contributed by atoms with Gasteiger partial charge in [-0.3, -0.25) is 4.79 Å². The van der Waals surface area contributed by atoms with E-state index >= 15 is 0 Å². The van der Waals surface area contributed by atoms with Gasteiger partial charge in [-0.15, -0.1) is 11.8 Å². The minimum absolute atomic E-state index is 0.0424. The molecule has 0 saturated carbocycles. The Balaban J connectivity index is 2.49. The van der Waals surface area contributed by atoms with E-state index in [4.69, 9.17) is 5.73 Å². The van der Waals surface area contributed by atoms with Gasteiger partial charge < -0.3 is 11.1 Å². The molecular formula is C9H10N2OS. The average molecular weight is 194 g/mol. The van der Waals surface area contributed by atoms with Crippen LogP contribution in [-0.4, -0.2) is 11.7 Å². The maximum atomic E-state index is 11.0. The fraction of sp³-hybridized carbons (Fsp3) is 0.222. The first-order valence-electron chi connectivity index (χ1n) is 3.99. The normalized spacial score (nSPS) is 15.0. The molecule has 0 saturated heterocycles. The zero-order chi connectivity index (χ0) is 9.42. The van der Waals surface area contributed by atoms with Gasteiger partial charge >= 0.3 is 0 Å². The van der Waals surface area contributed by atoms with Crippen molar-refractivity contribution in [2.45, 2.75) is 11.8 Å². The van der Waals surface area contributed by atoms with Crippen LogP contribution >= 0.6 is 11.8 Å². The van der Waals surface area contributed by atoms with E-state index in [1.54, 1.807) is 11.8 Å². The summed E-state index contributed by atoms with van der Waals surface area (Å²) in [6.07, 6.45) is 0. The van der Waals surface area contributed by atoms with Gasteiger partial charge in [0.15, 0.2) is 0 Å². The number of nitrogens with one attached hydrogen (secondary N) is 1. The molecule has 4 heteroatoms. The van der Waals surface area contributed by atoms with Crippen molar-refractivity contribution < 1.29 is 4.79 Å². The van der Waals surface area contributed by atoms with Crippen LogP contribution in [0.15, 0.2) is 17.0 Å². The standard InChI is InChI=1S/C9H10N2OS/c1-5-2-8-7(3-6(5)10)11-9(12)4-13-8/h2-3H,4,10H2,1H3,(H,11,12). The molecular weight excluding hydrogens is 184 g/mol. The third-order valence-corrected chi connectivity index (χ3v) is 3.06. The van der Waals surface area contributed by atoms with Crippen LogP contribution in [0.5, 0.6) is 0 Å². The molecule has 1 aliphatic rings. The number of rotatable bonds is 0. The molecule has 0 radical (unpaired) electrons. The lowest BCUT2D eigenvalue weighted by atomic mass is 10.2. The van der Waals surface area contributed by atoms with Crippen LogP contribution in [0, 0.1) is 6.92 Å². The zero-order valence-electron chi connectivity index (χ0n) is 7.26. The van der Waals surface area contributed by atoms with Crippen LogP contribution in [0.4, 0.5) is 11.4 Å². The summed E-state index contributed by atoms with van der Waals surface area (Å²) >= 11 is 1.55. The van der Waals surface area contributed by atoms with Gasteiger partial charge in [0, 0.05) is 10.6 Å². The highest BCUT2D eigenvalue weighted by Crippen LogP contribution is 2.34. The van der Waals surface area contributed by atoms with E-state index in [-0.39, 0.29) is 5.91 Å². The molecule has 0 aromatic heterocycles. The molecule has 0 fully saturated rings. The molecule has 0 spiro atoms. The molecule has 2 rings (SSSR count). The summed E-state index contributed by atoms with van der Waals surface area (Å²) < 4.78 is 0. The number of nitrogens with two attached hydrogens (primary N) is 1. The molecule has 1 aromatic carbocycles. The first-order chi connectivity index (χ1) is 6.16. The predicted molar refractivity (Wildman–Crippen MR) is 54.9 cm³/mol. The van der Waals surface area contributed by atoms with Gasteiger partial charge in [0.25, 0.3) is 0 Å². The monoisotopic (exact) mass is 194 g/mol. The van der Waals surface area contributed by atoms with E-state index in [1.807, 2.05) is 19.1 Å². The van der Waals surface area contributed by atoms with Crippen LogP contribution in [0.1, 0.15) is 5.56 Å². The fourth-order valence-corrected chi connectivity index (χ4v) is 2.13. The van der Waals surface area contributed by atoms with Crippen molar-refractivity contribution in [3.8, 4) is 0 Å². The lowest BCUT2D eigenvalue weighted by molar-refractivity contribution is -0.113. The number of carbonyl (C=O) groups is 1. The number of anilines is 2. The first-order valence-corrected chi connectivity index (χ1v) is 4.98. The molecule has 1 amide bonds.